The van der Waals surface area contributed by atoms with Crippen molar-refractivity contribution in [3.05, 3.63) is 68.5 Å². The highest BCUT2D eigenvalue weighted by molar-refractivity contribution is 5.79. The topological polar surface area (TPSA) is 89.3 Å². The fraction of sp³-hybridized carbons (Fsp3) is 0.450. The summed E-state index contributed by atoms with van der Waals surface area (Å²) >= 11 is 0. The third-order valence-corrected chi connectivity index (χ3v) is 5.17. The van der Waals surface area contributed by atoms with Crippen molar-refractivity contribution in [1.29, 1.82) is 0 Å². The van der Waals surface area contributed by atoms with E-state index < -0.39 is 11.2 Å². The van der Waals surface area contributed by atoms with Crippen LogP contribution >= 0.6 is 0 Å². The predicted molar refractivity (Wildman–Crippen MR) is 104 cm³/mol. The summed E-state index contributed by atoms with van der Waals surface area (Å²) < 4.78 is 0. The van der Waals surface area contributed by atoms with Crippen LogP contribution in [0, 0.1) is 0 Å². The van der Waals surface area contributed by atoms with E-state index in [2.05, 4.69) is 34.0 Å². The van der Waals surface area contributed by atoms with Crippen molar-refractivity contribution < 1.29 is 4.79 Å². The van der Waals surface area contributed by atoms with E-state index in [-0.39, 0.29) is 23.9 Å². The molecule has 1 fully saturated rings. The zero-order valence-electron chi connectivity index (χ0n) is 15.6. The van der Waals surface area contributed by atoms with Gasteiger partial charge in [-0.15, -0.1) is 0 Å². The molecule has 1 aliphatic heterocycles. The first-order chi connectivity index (χ1) is 13.0. The third kappa shape index (κ3) is 5.17. The Balaban J connectivity index is 1.74. The van der Waals surface area contributed by atoms with Crippen molar-refractivity contribution in [3.63, 3.8) is 0 Å². The maximum atomic E-state index is 13.0. The summed E-state index contributed by atoms with van der Waals surface area (Å²) in [7, 11) is 2.09. The molecule has 1 aromatic heterocycles. The van der Waals surface area contributed by atoms with E-state index in [0.717, 1.165) is 32.4 Å². The van der Waals surface area contributed by atoms with Gasteiger partial charge in [-0.3, -0.25) is 14.6 Å². The minimum atomic E-state index is -0.563. The van der Waals surface area contributed by atoms with Gasteiger partial charge in [-0.2, -0.15) is 0 Å². The molecule has 1 saturated heterocycles. The summed E-state index contributed by atoms with van der Waals surface area (Å²) in [4.78, 5) is 45.0. The molecule has 1 aliphatic rings. The average Bonchev–Trinajstić information content (AvgIpc) is 2.66. The van der Waals surface area contributed by atoms with E-state index in [1.807, 2.05) is 23.1 Å². The molecule has 3 rings (SSSR count). The number of nitrogens with zero attached hydrogens (tertiary/aromatic N) is 2. The van der Waals surface area contributed by atoms with Crippen LogP contribution in [0.5, 0.6) is 0 Å². The molecule has 2 heterocycles. The summed E-state index contributed by atoms with van der Waals surface area (Å²) in [6, 6.07) is 10.3. The predicted octanol–water partition coefficient (Wildman–Crippen LogP) is 0.771. The molecule has 7 heteroatoms. The van der Waals surface area contributed by atoms with Gasteiger partial charge in [0.1, 0.15) is 0 Å². The molecule has 0 saturated carbocycles. The lowest BCUT2D eigenvalue weighted by Crippen LogP contribution is -2.48. The minimum absolute atomic E-state index is 0.00670. The number of aromatic nitrogens is 2. The number of likely N-dealkylation sites (tertiary alicyclic amines) is 1. The van der Waals surface area contributed by atoms with Gasteiger partial charge in [-0.1, -0.05) is 30.3 Å². The number of nitrogens with one attached hydrogen (secondary N) is 2. The Kier molecular flexibility index (Phi) is 6.24. The molecular weight excluding hydrogens is 344 g/mol. The molecule has 0 spiro atoms. The van der Waals surface area contributed by atoms with Gasteiger partial charge in [0.25, 0.3) is 5.56 Å². The number of piperidine rings is 1. The summed E-state index contributed by atoms with van der Waals surface area (Å²) in [5.41, 5.74) is 0.410. The number of hydrogen-bond donors (Lipinski definition) is 2. The van der Waals surface area contributed by atoms with Crippen LogP contribution in [0.4, 0.5) is 0 Å². The first kappa shape index (κ1) is 19.1. The Morgan fingerprint density at radius 1 is 1.19 bits per heavy atom. The highest BCUT2D eigenvalue weighted by Gasteiger charge is 2.27. The van der Waals surface area contributed by atoms with E-state index >= 15 is 0 Å². The van der Waals surface area contributed by atoms with Crippen molar-refractivity contribution in [3.8, 4) is 0 Å². The normalized spacial score (nSPS) is 15.6. The quantitative estimate of drug-likeness (QED) is 0.786. The molecule has 2 aromatic rings. The first-order valence-electron chi connectivity index (χ1n) is 9.36. The van der Waals surface area contributed by atoms with E-state index in [9.17, 15) is 14.4 Å². The lowest BCUT2D eigenvalue weighted by molar-refractivity contribution is -0.133. The minimum Gasteiger partial charge on any atom is -0.339 e. The maximum absolute atomic E-state index is 13.0. The van der Waals surface area contributed by atoms with Crippen molar-refractivity contribution in [1.82, 2.24) is 19.8 Å². The number of rotatable bonds is 6. The number of hydrogen-bond acceptors (Lipinski definition) is 4. The molecule has 1 amide bonds. The summed E-state index contributed by atoms with van der Waals surface area (Å²) in [6.45, 7) is 2.54. The second-order valence-electron chi connectivity index (χ2n) is 7.13. The lowest BCUT2D eigenvalue weighted by atomic mass is 10.0. The largest absolute Gasteiger partial charge is 0.339 e. The van der Waals surface area contributed by atoms with Crippen molar-refractivity contribution in [2.24, 2.45) is 0 Å². The third-order valence-electron chi connectivity index (χ3n) is 5.17. The van der Waals surface area contributed by atoms with Crippen molar-refractivity contribution in [2.45, 2.75) is 31.7 Å². The lowest BCUT2D eigenvalue weighted by Gasteiger charge is -2.37. The van der Waals surface area contributed by atoms with Gasteiger partial charge >= 0.3 is 5.69 Å². The van der Waals surface area contributed by atoms with Crippen LogP contribution in [-0.4, -0.2) is 58.4 Å². The molecule has 0 unspecified atom stereocenters. The smallest absolute Gasteiger partial charge is 0.325 e. The number of H-pyrrole nitrogens is 2. The standard InChI is InChI=1S/C20H26N4O3/c1-23-10-8-17(9-11-23)24(12-7-15-5-3-2-4-6-15)18(25)13-16-14-21-20(27)22-19(16)26/h2-6,14,17H,7-13H2,1H3,(H2,21,22,26,27). The van der Waals surface area contributed by atoms with Crippen molar-refractivity contribution in [2.75, 3.05) is 26.7 Å². The first-order valence-corrected chi connectivity index (χ1v) is 9.36. The van der Waals surface area contributed by atoms with Crippen LogP contribution in [0.1, 0.15) is 24.0 Å². The van der Waals surface area contributed by atoms with Crippen LogP contribution in [-0.2, 0) is 17.6 Å². The van der Waals surface area contributed by atoms with E-state index in [1.54, 1.807) is 0 Å². The molecule has 0 radical (unpaired) electrons. The number of aromatic amines is 2. The molecule has 0 bridgehead atoms. The monoisotopic (exact) mass is 370 g/mol. The van der Waals surface area contributed by atoms with Gasteiger partial charge in [-0.25, -0.2) is 4.79 Å². The van der Waals surface area contributed by atoms with Crippen molar-refractivity contribution >= 4 is 5.91 Å². The summed E-state index contributed by atoms with van der Waals surface area (Å²) in [6.07, 6.45) is 3.97. The zero-order chi connectivity index (χ0) is 19.2. The van der Waals surface area contributed by atoms with Gasteiger partial charge in [0.05, 0.1) is 6.42 Å². The Morgan fingerprint density at radius 2 is 1.89 bits per heavy atom. The van der Waals surface area contributed by atoms with Crippen LogP contribution < -0.4 is 11.2 Å². The molecular formula is C20H26N4O3. The number of amides is 1. The Bertz CT molecular complexity index is 867. The summed E-state index contributed by atoms with van der Waals surface area (Å²) in [5, 5.41) is 0. The molecule has 144 valence electrons. The average molecular weight is 370 g/mol. The second-order valence-corrected chi connectivity index (χ2v) is 7.13. The van der Waals surface area contributed by atoms with E-state index in [4.69, 9.17) is 0 Å². The highest BCUT2D eigenvalue weighted by Crippen LogP contribution is 2.17. The van der Waals surface area contributed by atoms with E-state index in [0.29, 0.717) is 6.54 Å². The number of benzene rings is 1. The van der Waals surface area contributed by atoms with Crippen LogP contribution in [0.15, 0.2) is 46.1 Å². The second kappa shape index (κ2) is 8.81. The zero-order valence-corrected chi connectivity index (χ0v) is 15.6. The molecule has 0 aliphatic carbocycles. The van der Waals surface area contributed by atoms with Gasteiger partial charge in [-0.05, 0) is 45.0 Å². The molecule has 2 N–H and O–H groups in total. The molecule has 0 atom stereocenters. The van der Waals surface area contributed by atoms with Gasteiger partial charge < -0.3 is 14.8 Å². The Hall–Kier alpha value is -2.67. The summed E-state index contributed by atoms with van der Waals surface area (Å²) in [5.74, 6) is -0.0713. The highest BCUT2D eigenvalue weighted by atomic mass is 16.2. The SMILES string of the molecule is CN1CCC(N(CCc2ccccc2)C(=O)Cc2c[nH]c(=O)[nH]c2=O)CC1. The molecule has 1 aromatic carbocycles. The fourth-order valence-electron chi connectivity index (χ4n) is 3.55. The van der Waals surface area contributed by atoms with Crippen LogP contribution in [0.3, 0.4) is 0 Å². The van der Waals surface area contributed by atoms with Crippen LogP contribution in [0.2, 0.25) is 0 Å². The van der Waals surface area contributed by atoms with E-state index in [1.165, 1.54) is 11.8 Å². The van der Waals surface area contributed by atoms with Gasteiger partial charge in [0.15, 0.2) is 0 Å². The molecule has 27 heavy (non-hydrogen) atoms. The molecule has 7 nitrogen and oxygen atoms in total. The Morgan fingerprint density at radius 3 is 2.56 bits per heavy atom. The van der Waals surface area contributed by atoms with Gasteiger partial charge in [0.2, 0.25) is 5.91 Å². The number of carbonyl (C=O) groups is 1. The van der Waals surface area contributed by atoms with Gasteiger partial charge in [0, 0.05) is 24.3 Å². The number of carbonyl (C=O) groups excluding carboxylic acids is 1. The Labute approximate surface area is 158 Å². The maximum Gasteiger partial charge on any atom is 0.325 e. The fourth-order valence-corrected chi connectivity index (χ4v) is 3.55. The van der Waals surface area contributed by atoms with Crippen LogP contribution in [0.25, 0.3) is 0 Å².